The number of nitrogens with zero attached hydrogens (tertiary/aromatic N) is 1. The van der Waals surface area contributed by atoms with Gasteiger partial charge < -0.3 is 14.2 Å². The van der Waals surface area contributed by atoms with E-state index in [4.69, 9.17) is 14.2 Å². The molecule has 0 radical (unpaired) electrons. The van der Waals surface area contributed by atoms with Gasteiger partial charge in [-0.05, 0) is 143 Å². The maximum absolute atomic E-state index is 7.76. The van der Waals surface area contributed by atoms with Crippen LogP contribution in [0.25, 0.3) is 0 Å². The Labute approximate surface area is 318 Å². The van der Waals surface area contributed by atoms with Gasteiger partial charge in [-0.15, -0.1) is 0 Å². The van der Waals surface area contributed by atoms with E-state index in [1.54, 1.807) is 0 Å². The minimum Gasteiger partial charge on any atom is -0.374 e. The SMILES string of the molecule is C1CCC(C2CCC(N(C3CCCC4C5CCCC(C6CCCCC6)C5OC43)C3CCCC4C5CCC6OC7CCCCC7C6C5OC43)CC2)CC1. The van der Waals surface area contributed by atoms with E-state index in [0.29, 0.717) is 54.6 Å². The highest BCUT2D eigenvalue weighted by molar-refractivity contribution is 5.11. The third-order valence-corrected chi connectivity index (χ3v) is 19.4. The molecule has 11 aliphatic rings. The van der Waals surface area contributed by atoms with Crippen molar-refractivity contribution in [1.29, 1.82) is 0 Å². The fourth-order valence-corrected chi connectivity index (χ4v) is 17.4. The second-order valence-corrected chi connectivity index (χ2v) is 21.5. The summed E-state index contributed by atoms with van der Waals surface area (Å²) in [5.41, 5.74) is 0. The maximum Gasteiger partial charge on any atom is 0.0766 e. The van der Waals surface area contributed by atoms with Crippen molar-refractivity contribution in [2.75, 3.05) is 0 Å². The first-order valence-electron chi connectivity index (χ1n) is 24.5. The molecule has 292 valence electrons. The Bertz CT molecular complexity index is 1200. The molecule has 11 fully saturated rings. The summed E-state index contributed by atoms with van der Waals surface area (Å²) in [6, 6.07) is 2.00. The Morgan fingerprint density at radius 3 is 1.52 bits per heavy atom. The summed E-state index contributed by atoms with van der Waals surface area (Å²) in [4.78, 5) is 3.31. The monoisotopic (exact) mass is 716 g/mol. The summed E-state index contributed by atoms with van der Waals surface area (Å²) in [6.07, 6.45) is 45.0. The van der Waals surface area contributed by atoms with Crippen LogP contribution in [0.3, 0.4) is 0 Å². The molecule has 0 N–H and O–H groups in total. The molecule has 8 saturated carbocycles. The Balaban J connectivity index is 0.889. The molecule has 0 spiro atoms. The molecule has 0 aromatic carbocycles. The van der Waals surface area contributed by atoms with Gasteiger partial charge in [0.1, 0.15) is 0 Å². The number of hydrogen-bond donors (Lipinski definition) is 0. The number of ether oxygens (including phenoxy) is 3. The largest absolute Gasteiger partial charge is 0.374 e. The number of fused-ring (bicyclic) bond motifs is 10. The van der Waals surface area contributed by atoms with Crippen molar-refractivity contribution < 1.29 is 14.2 Å². The zero-order valence-electron chi connectivity index (χ0n) is 33.1. The molecule has 3 heterocycles. The lowest BCUT2D eigenvalue weighted by Crippen LogP contribution is -2.61. The molecule has 52 heavy (non-hydrogen) atoms. The Hall–Kier alpha value is -0.160. The minimum absolute atomic E-state index is 0.459. The van der Waals surface area contributed by atoms with Gasteiger partial charge in [-0.3, -0.25) is 4.90 Å². The van der Waals surface area contributed by atoms with Crippen LogP contribution in [0, 0.1) is 59.2 Å². The first kappa shape index (κ1) is 35.0. The molecule has 0 aromatic heterocycles. The van der Waals surface area contributed by atoms with Crippen LogP contribution in [0.15, 0.2) is 0 Å². The van der Waals surface area contributed by atoms with E-state index in [-0.39, 0.29) is 0 Å². The third-order valence-electron chi connectivity index (χ3n) is 19.4. The highest BCUT2D eigenvalue weighted by Crippen LogP contribution is 2.59. The molecule has 4 heteroatoms. The van der Waals surface area contributed by atoms with Gasteiger partial charge in [0.2, 0.25) is 0 Å². The first-order chi connectivity index (χ1) is 25.8. The molecule has 3 aliphatic heterocycles. The summed E-state index contributed by atoms with van der Waals surface area (Å²) in [6.45, 7) is 0. The minimum atomic E-state index is 0.459. The van der Waals surface area contributed by atoms with Gasteiger partial charge in [0.05, 0.1) is 36.6 Å². The van der Waals surface area contributed by atoms with E-state index in [9.17, 15) is 0 Å². The van der Waals surface area contributed by atoms with Crippen LogP contribution >= 0.6 is 0 Å². The van der Waals surface area contributed by atoms with Crippen molar-refractivity contribution in [2.24, 2.45) is 59.2 Å². The topological polar surface area (TPSA) is 30.9 Å². The van der Waals surface area contributed by atoms with Crippen LogP contribution in [-0.4, -0.2) is 59.6 Å². The fourth-order valence-electron chi connectivity index (χ4n) is 17.4. The van der Waals surface area contributed by atoms with E-state index >= 15 is 0 Å². The molecule has 15 unspecified atom stereocenters. The lowest BCUT2D eigenvalue weighted by atomic mass is 9.64. The zero-order chi connectivity index (χ0) is 34.2. The Morgan fingerprint density at radius 2 is 0.808 bits per heavy atom. The van der Waals surface area contributed by atoms with Crippen LogP contribution in [0.4, 0.5) is 0 Å². The van der Waals surface area contributed by atoms with Gasteiger partial charge in [-0.1, -0.05) is 96.3 Å². The average molecular weight is 716 g/mol. The lowest BCUT2D eigenvalue weighted by Gasteiger charge is -2.53. The molecule has 0 bridgehead atoms. The summed E-state index contributed by atoms with van der Waals surface area (Å²) in [7, 11) is 0. The highest BCUT2D eigenvalue weighted by atomic mass is 16.5. The zero-order valence-corrected chi connectivity index (χ0v) is 33.1. The number of rotatable bonds is 5. The van der Waals surface area contributed by atoms with Crippen LogP contribution in [0.5, 0.6) is 0 Å². The second kappa shape index (κ2) is 15.0. The van der Waals surface area contributed by atoms with Crippen molar-refractivity contribution >= 4 is 0 Å². The molecule has 0 amide bonds. The molecule has 0 aromatic rings. The van der Waals surface area contributed by atoms with Crippen molar-refractivity contribution in [3.63, 3.8) is 0 Å². The van der Waals surface area contributed by atoms with Crippen molar-refractivity contribution in [1.82, 2.24) is 4.90 Å². The standard InChI is InChI=1S/C48H77NO3/c1-3-12-30(13-4-1)31-24-26-33(27-25-31)49(40-21-10-19-36-35-18-9-17-34(45(35)51-46(36)40)32-14-5-2-6-15-32)41-22-11-20-37-38-28-29-43-44(48(38)52-47(37)41)39-16-7-8-23-42(39)50-43/h30-48H,1-29H2. The van der Waals surface area contributed by atoms with Gasteiger partial charge >= 0.3 is 0 Å². The third kappa shape index (κ3) is 6.08. The van der Waals surface area contributed by atoms with Crippen molar-refractivity contribution in [3.8, 4) is 0 Å². The normalized spacial score (nSPS) is 52.7. The predicted octanol–water partition coefficient (Wildman–Crippen LogP) is 11.3. The summed E-state index contributed by atoms with van der Waals surface area (Å²) >= 11 is 0. The van der Waals surface area contributed by atoms with E-state index in [2.05, 4.69) is 4.90 Å². The van der Waals surface area contributed by atoms with Gasteiger partial charge in [0.15, 0.2) is 0 Å². The Kier molecular flexibility index (Phi) is 10.1. The maximum atomic E-state index is 7.76. The van der Waals surface area contributed by atoms with E-state index in [1.165, 1.54) is 186 Å². The van der Waals surface area contributed by atoms with Crippen LogP contribution < -0.4 is 0 Å². The van der Waals surface area contributed by atoms with E-state index in [1.807, 2.05) is 0 Å². The Morgan fingerprint density at radius 1 is 0.288 bits per heavy atom. The summed E-state index contributed by atoms with van der Waals surface area (Å²) in [5, 5.41) is 0. The fraction of sp³-hybridized carbons (Fsp3) is 1.00. The van der Waals surface area contributed by atoms with Crippen LogP contribution in [-0.2, 0) is 14.2 Å². The summed E-state index contributed by atoms with van der Waals surface area (Å²) in [5.74, 6) is 8.57. The van der Waals surface area contributed by atoms with Gasteiger partial charge in [0, 0.05) is 24.0 Å². The van der Waals surface area contributed by atoms with Gasteiger partial charge in [-0.2, -0.15) is 0 Å². The first-order valence-corrected chi connectivity index (χ1v) is 24.5. The van der Waals surface area contributed by atoms with E-state index < -0.39 is 0 Å². The van der Waals surface area contributed by atoms with Crippen molar-refractivity contribution in [2.45, 2.75) is 241 Å². The highest BCUT2D eigenvalue weighted by Gasteiger charge is 2.62. The summed E-state index contributed by atoms with van der Waals surface area (Å²) < 4.78 is 22.4. The van der Waals surface area contributed by atoms with Gasteiger partial charge in [0.25, 0.3) is 0 Å². The molecule has 3 saturated heterocycles. The molecular weight excluding hydrogens is 639 g/mol. The van der Waals surface area contributed by atoms with Crippen molar-refractivity contribution in [3.05, 3.63) is 0 Å². The van der Waals surface area contributed by atoms with Gasteiger partial charge in [-0.25, -0.2) is 0 Å². The number of hydrogen-bond acceptors (Lipinski definition) is 4. The quantitative estimate of drug-likeness (QED) is 0.284. The lowest BCUT2D eigenvalue weighted by molar-refractivity contribution is -0.132. The molecule has 4 nitrogen and oxygen atoms in total. The molecular formula is C48H77NO3. The van der Waals surface area contributed by atoms with E-state index in [0.717, 1.165) is 59.3 Å². The molecule has 11 rings (SSSR count). The van der Waals surface area contributed by atoms with Crippen LogP contribution in [0.1, 0.15) is 186 Å². The molecule has 8 aliphatic carbocycles. The smallest absolute Gasteiger partial charge is 0.0766 e. The molecule has 15 atom stereocenters. The van der Waals surface area contributed by atoms with Crippen LogP contribution in [0.2, 0.25) is 0 Å². The second-order valence-electron chi connectivity index (χ2n) is 21.5. The average Bonchev–Trinajstić information content (AvgIpc) is 3.91. The predicted molar refractivity (Wildman–Crippen MR) is 208 cm³/mol.